The van der Waals surface area contributed by atoms with Crippen molar-refractivity contribution in [2.24, 2.45) is 0 Å². The van der Waals surface area contributed by atoms with Crippen molar-refractivity contribution in [1.82, 2.24) is 10.3 Å². The second-order valence-corrected chi connectivity index (χ2v) is 3.12. The molecule has 0 aliphatic heterocycles. The Morgan fingerprint density at radius 2 is 2.40 bits per heavy atom. The Labute approximate surface area is 74.2 Å². The van der Waals surface area contributed by atoms with E-state index in [0.29, 0.717) is 0 Å². The van der Waals surface area contributed by atoms with Gasteiger partial charge in [-0.1, -0.05) is 6.07 Å². The molecule has 0 atom stereocenters. The first-order chi connectivity index (χ1) is 4.83. The molecule has 0 amide bonds. The lowest BCUT2D eigenvalue weighted by Crippen LogP contribution is -2.05. The van der Waals surface area contributed by atoms with Crippen LogP contribution in [-0.4, -0.2) is 12.0 Å². The summed E-state index contributed by atoms with van der Waals surface area (Å²) in [4.78, 5) is 4.14. The second kappa shape index (κ2) is 3.88. The van der Waals surface area contributed by atoms with Crippen LogP contribution < -0.4 is 5.32 Å². The standard InChI is InChI=1S/C7H9IN2/c1-9-4-6-2-3-7(8)10-5-6/h2-3,5,9H,4H2,1H3. The molecule has 0 aliphatic rings. The zero-order valence-electron chi connectivity index (χ0n) is 5.76. The number of nitrogens with one attached hydrogen (secondary N) is 1. The van der Waals surface area contributed by atoms with Crippen LogP contribution in [0.25, 0.3) is 0 Å². The van der Waals surface area contributed by atoms with Crippen LogP contribution in [0.2, 0.25) is 0 Å². The third-order valence-corrected chi connectivity index (χ3v) is 1.81. The van der Waals surface area contributed by atoms with Gasteiger partial charge in [-0.3, -0.25) is 4.98 Å². The summed E-state index contributed by atoms with van der Waals surface area (Å²) in [6.07, 6.45) is 1.89. The van der Waals surface area contributed by atoms with Gasteiger partial charge >= 0.3 is 0 Å². The first kappa shape index (κ1) is 7.94. The first-order valence-corrected chi connectivity index (χ1v) is 4.16. The average Bonchev–Trinajstić information content (AvgIpc) is 1.95. The van der Waals surface area contributed by atoms with Crippen molar-refractivity contribution in [2.75, 3.05) is 7.05 Å². The molecule has 1 N–H and O–H groups in total. The van der Waals surface area contributed by atoms with Gasteiger partial charge < -0.3 is 5.32 Å². The lowest BCUT2D eigenvalue weighted by atomic mass is 10.3. The topological polar surface area (TPSA) is 24.9 Å². The van der Waals surface area contributed by atoms with Crippen molar-refractivity contribution in [3.63, 3.8) is 0 Å². The van der Waals surface area contributed by atoms with Crippen LogP contribution in [0.3, 0.4) is 0 Å². The second-order valence-electron chi connectivity index (χ2n) is 2.02. The monoisotopic (exact) mass is 248 g/mol. The Morgan fingerprint density at radius 3 is 2.90 bits per heavy atom. The van der Waals surface area contributed by atoms with E-state index >= 15 is 0 Å². The van der Waals surface area contributed by atoms with Crippen LogP contribution in [0.15, 0.2) is 18.3 Å². The lowest BCUT2D eigenvalue weighted by Gasteiger charge is -1.97. The minimum absolute atomic E-state index is 0.893. The third kappa shape index (κ3) is 2.22. The number of rotatable bonds is 2. The summed E-state index contributed by atoms with van der Waals surface area (Å²) in [5.41, 5.74) is 1.22. The number of hydrogen-bond donors (Lipinski definition) is 1. The van der Waals surface area contributed by atoms with E-state index in [9.17, 15) is 0 Å². The van der Waals surface area contributed by atoms with E-state index in [2.05, 4.69) is 39.0 Å². The molecule has 54 valence electrons. The van der Waals surface area contributed by atoms with Gasteiger partial charge in [0.1, 0.15) is 3.70 Å². The van der Waals surface area contributed by atoms with Gasteiger partial charge in [0.2, 0.25) is 0 Å². The molecular formula is C7H9IN2. The molecule has 0 radical (unpaired) electrons. The molecule has 0 fully saturated rings. The summed E-state index contributed by atoms with van der Waals surface area (Å²) in [7, 11) is 1.93. The minimum atomic E-state index is 0.893. The number of nitrogens with zero attached hydrogens (tertiary/aromatic N) is 1. The van der Waals surface area contributed by atoms with Gasteiger partial charge in [0.25, 0.3) is 0 Å². The van der Waals surface area contributed by atoms with Crippen molar-refractivity contribution in [1.29, 1.82) is 0 Å². The number of halogens is 1. The fraction of sp³-hybridized carbons (Fsp3) is 0.286. The predicted molar refractivity (Wildman–Crippen MR) is 49.7 cm³/mol. The highest BCUT2D eigenvalue weighted by Gasteiger charge is 1.89. The maximum atomic E-state index is 4.14. The van der Waals surface area contributed by atoms with Crippen LogP contribution in [0.1, 0.15) is 5.56 Å². The van der Waals surface area contributed by atoms with Crippen molar-refractivity contribution in [2.45, 2.75) is 6.54 Å². The van der Waals surface area contributed by atoms with E-state index in [1.165, 1.54) is 5.56 Å². The summed E-state index contributed by atoms with van der Waals surface area (Å²) in [6.45, 7) is 0.893. The summed E-state index contributed by atoms with van der Waals surface area (Å²) < 4.78 is 1.04. The Kier molecular flexibility index (Phi) is 3.08. The lowest BCUT2D eigenvalue weighted by molar-refractivity contribution is 0.812. The van der Waals surface area contributed by atoms with Crippen molar-refractivity contribution in [3.05, 3.63) is 27.6 Å². The van der Waals surface area contributed by atoms with Gasteiger partial charge in [-0.2, -0.15) is 0 Å². The molecule has 3 heteroatoms. The fourth-order valence-corrected chi connectivity index (χ4v) is 1.03. The van der Waals surface area contributed by atoms with Gasteiger partial charge in [-0.25, -0.2) is 0 Å². The number of pyridine rings is 1. The Balaban J connectivity index is 2.69. The zero-order chi connectivity index (χ0) is 7.40. The fourth-order valence-electron chi connectivity index (χ4n) is 0.715. The molecule has 1 heterocycles. The van der Waals surface area contributed by atoms with E-state index in [0.717, 1.165) is 10.2 Å². The van der Waals surface area contributed by atoms with Crippen molar-refractivity contribution >= 4 is 22.6 Å². The highest BCUT2D eigenvalue weighted by Crippen LogP contribution is 2.01. The van der Waals surface area contributed by atoms with Gasteiger partial charge in [-0.05, 0) is 41.3 Å². The smallest absolute Gasteiger partial charge is 0.101 e. The van der Waals surface area contributed by atoms with E-state index in [-0.39, 0.29) is 0 Å². The largest absolute Gasteiger partial charge is 0.316 e. The molecular weight excluding hydrogens is 239 g/mol. The summed E-state index contributed by atoms with van der Waals surface area (Å²) in [5.74, 6) is 0. The molecule has 0 aromatic carbocycles. The van der Waals surface area contributed by atoms with E-state index < -0.39 is 0 Å². The molecule has 0 saturated carbocycles. The first-order valence-electron chi connectivity index (χ1n) is 3.08. The summed E-state index contributed by atoms with van der Waals surface area (Å²) >= 11 is 2.19. The van der Waals surface area contributed by atoms with Gasteiger partial charge in [0, 0.05) is 12.7 Å². The van der Waals surface area contributed by atoms with Crippen molar-refractivity contribution < 1.29 is 0 Å². The van der Waals surface area contributed by atoms with Crippen LogP contribution in [-0.2, 0) is 6.54 Å². The summed E-state index contributed by atoms with van der Waals surface area (Å²) in [6, 6.07) is 4.08. The van der Waals surface area contributed by atoms with E-state index in [1.54, 1.807) is 0 Å². The van der Waals surface area contributed by atoms with Crippen molar-refractivity contribution in [3.8, 4) is 0 Å². The maximum Gasteiger partial charge on any atom is 0.101 e. The van der Waals surface area contributed by atoms with Crippen LogP contribution >= 0.6 is 22.6 Å². The average molecular weight is 248 g/mol. The molecule has 10 heavy (non-hydrogen) atoms. The molecule has 1 aromatic heterocycles. The Morgan fingerprint density at radius 1 is 1.60 bits per heavy atom. The highest BCUT2D eigenvalue weighted by atomic mass is 127. The van der Waals surface area contributed by atoms with Crippen LogP contribution in [0.4, 0.5) is 0 Å². The SMILES string of the molecule is CNCc1ccc(I)nc1. The van der Waals surface area contributed by atoms with Crippen LogP contribution in [0.5, 0.6) is 0 Å². The predicted octanol–water partition coefficient (Wildman–Crippen LogP) is 1.41. The Bertz CT molecular complexity index is 195. The molecule has 0 saturated heterocycles. The van der Waals surface area contributed by atoms with Crippen LogP contribution in [0, 0.1) is 3.70 Å². The Hall–Kier alpha value is -0.160. The molecule has 1 rings (SSSR count). The highest BCUT2D eigenvalue weighted by molar-refractivity contribution is 14.1. The van der Waals surface area contributed by atoms with Gasteiger partial charge in [-0.15, -0.1) is 0 Å². The summed E-state index contributed by atoms with van der Waals surface area (Å²) in [5, 5.41) is 3.06. The van der Waals surface area contributed by atoms with E-state index in [1.807, 2.05) is 19.3 Å². The molecule has 0 aliphatic carbocycles. The van der Waals surface area contributed by atoms with Gasteiger partial charge in [0.05, 0.1) is 0 Å². The number of aromatic nitrogens is 1. The molecule has 0 spiro atoms. The molecule has 2 nitrogen and oxygen atoms in total. The van der Waals surface area contributed by atoms with E-state index in [4.69, 9.17) is 0 Å². The number of hydrogen-bond acceptors (Lipinski definition) is 2. The molecule has 1 aromatic rings. The van der Waals surface area contributed by atoms with Gasteiger partial charge in [0.15, 0.2) is 0 Å². The normalized spacial score (nSPS) is 9.80. The third-order valence-electron chi connectivity index (χ3n) is 1.17. The molecule has 0 unspecified atom stereocenters. The maximum absolute atomic E-state index is 4.14. The quantitative estimate of drug-likeness (QED) is 0.632. The molecule has 0 bridgehead atoms. The minimum Gasteiger partial charge on any atom is -0.316 e. The zero-order valence-corrected chi connectivity index (χ0v) is 7.92.